The summed E-state index contributed by atoms with van der Waals surface area (Å²) in [7, 11) is 0. The molecular weight excluding hydrogens is 464 g/mol. The number of aliphatic imine (C=N–C) groups is 1. The van der Waals surface area contributed by atoms with Crippen LogP contribution in [0.3, 0.4) is 0 Å². The van der Waals surface area contributed by atoms with E-state index in [0.29, 0.717) is 18.5 Å². The fourth-order valence-corrected chi connectivity index (χ4v) is 5.14. The summed E-state index contributed by atoms with van der Waals surface area (Å²) < 4.78 is 0. The molecule has 198 valence electrons. The van der Waals surface area contributed by atoms with E-state index in [9.17, 15) is 14.7 Å². The van der Waals surface area contributed by atoms with E-state index >= 15 is 0 Å². The maximum atomic E-state index is 13.1. The standard InChI is InChI=1S/C30H40N4O3/c1-19(2)32-28(35)22-11-14-25(15-12-22)34-26-17-24(31-18-30(4,5)37)13-10-23(26)16-27(34)33-29(36)21-8-6-20(3)7-9-21/h6-10,13,17,19,22,25,31,37H,11-12,14-16,18H2,1-5H3,(H,32,35). The molecule has 0 spiro atoms. The van der Waals surface area contributed by atoms with Crippen molar-refractivity contribution in [1.82, 2.24) is 5.32 Å². The number of amidine groups is 1. The van der Waals surface area contributed by atoms with Crippen molar-refractivity contribution in [2.75, 3.05) is 16.8 Å². The van der Waals surface area contributed by atoms with Crippen LogP contribution in [0.5, 0.6) is 0 Å². The SMILES string of the molecule is Cc1ccc(C(=O)N=C2Cc3ccc(NCC(C)(C)O)cc3N2C2CCC(C(=O)NC(C)C)CC2)cc1. The summed E-state index contributed by atoms with van der Waals surface area (Å²) in [6.45, 7) is 9.94. The molecule has 0 saturated heterocycles. The minimum atomic E-state index is -0.833. The second-order valence-corrected chi connectivity index (χ2v) is 11.4. The van der Waals surface area contributed by atoms with Gasteiger partial charge in [0.1, 0.15) is 5.84 Å². The Morgan fingerprint density at radius 2 is 1.76 bits per heavy atom. The number of aryl methyl sites for hydroxylation is 1. The average molecular weight is 505 g/mol. The molecule has 37 heavy (non-hydrogen) atoms. The highest BCUT2D eigenvalue weighted by Gasteiger charge is 2.36. The van der Waals surface area contributed by atoms with Crippen molar-refractivity contribution in [2.24, 2.45) is 10.9 Å². The smallest absolute Gasteiger partial charge is 0.278 e. The lowest BCUT2D eigenvalue weighted by molar-refractivity contribution is -0.126. The van der Waals surface area contributed by atoms with Crippen LogP contribution in [0.2, 0.25) is 0 Å². The molecule has 1 heterocycles. The van der Waals surface area contributed by atoms with E-state index in [1.807, 2.05) is 51.1 Å². The van der Waals surface area contributed by atoms with E-state index in [2.05, 4.69) is 32.7 Å². The molecule has 0 radical (unpaired) electrons. The van der Waals surface area contributed by atoms with Gasteiger partial charge in [-0.1, -0.05) is 23.8 Å². The molecule has 0 aromatic heterocycles. The number of nitrogens with one attached hydrogen (secondary N) is 2. The number of aliphatic hydroxyl groups is 1. The van der Waals surface area contributed by atoms with E-state index in [1.54, 1.807) is 13.8 Å². The molecule has 1 aliphatic carbocycles. The summed E-state index contributed by atoms with van der Waals surface area (Å²) in [6, 6.07) is 14.0. The van der Waals surface area contributed by atoms with Gasteiger partial charge < -0.3 is 20.6 Å². The fraction of sp³-hybridized carbons (Fsp3) is 0.500. The highest BCUT2D eigenvalue weighted by Crippen LogP contribution is 2.39. The number of rotatable bonds is 7. The average Bonchev–Trinajstić information content (AvgIpc) is 3.19. The lowest BCUT2D eigenvalue weighted by Crippen LogP contribution is -2.44. The Hall–Kier alpha value is -3.19. The second kappa shape index (κ2) is 11.1. The number of nitrogens with zero attached hydrogens (tertiary/aromatic N) is 2. The van der Waals surface area contributed by atoms with Crippen molar-refractivity contribution in [2.45, 2.75) is 84.4 Å². The Balaban J connectivity index is 1.60. The Labute approximate surface area is 220 Å². The Morgan fingerprint density at radius 3 is 2.38 bits per heavy atom. The normalized spacial score (nSPS) is 20.7. The van der Waals surface area contributed by atoms with Gasteiger partial charge in [-0.05, 0) is 90.1 Å². The number of anilines is 2. The van der Waals surface area contributed by atoms with Gasteiger partial charge in [0.2, 0.25) is 5.91 Å². The molecule has 1 saturated carbocycles. The van der Waals surface area contributed by atoms with Crippen LogP contribution in [0.25, 0.3) is 0 Å². The van der Waals surface area contributed by atoms with Crippen LogP contribution >= 0.6 is 0 Å². The third-order valence-corrected chi connectivity index (χ3v) is 7.09. The van der Waals surface area contributed by atoms with E-state index in [1.165, 1.54) is 0 Å². The van der Waals surface area contributed by atoms with Crippen molar-refractivity contribution in [1.29, 1.82) is 0 Å². The number of benzene rings is 2. The second-order valence-electron chi connectivity index (χ2n) is 11.4. The highest BCUT2D eigenvalue weighted by atomic mass is 16.3. The zero-order valence-electron chi connectivity index (χ0n) is 22.7. The van der Waals surface area contributed by atoms with E-state index < -0.39 is 5.60 Å². The number of hydrogen-bond acceptors (Lipinski definition) is 4. The molecule has 2 aromatic rings. The largest absolute Gasteiger partial charge is 0.389 e. The lowest BCUT2D eigenvalue weighted by Gasteiger charge is -2.36. The number of carbonyl (C=O) groups excluding carboxylic acids is 2. The number of hydrogen-bond donors (Lipinski definition) is 3. The molecule has 0 unspecified atom stereocenters. The minimum absolute atomic E-state index is 0.0232. The van der Waals surface area contributed by atoms with Crippen molar-refractivity contribution in [3.8, 4) is 0 Å². The molecule has 1 aliphatic heterocycles. The van der Waals surface area contributed by atoms with Gasteiger partial charge >= 0.3 is 0 Å². The van der Waals surface area contributed by atoms with Crippen LogP contribution in [0.4, 0.5) is 11.4 Å². The van der Waals surface area contributed by atoms with E-state index in [-0.39, 0.29) is 29.8 Å². The van der Waals surface area contributed by atoms with Gasteiger partial charge in [-0.2, -0.15) is 4.99 Å². The van der Waals surface area contributed by atoms with Crippen molar-refractivity contribution in [3.05, 3.63) is 59.2 Å². The predicted molar refractivity (Wildman–Crippen MR) is 149 cm³/mol. The molecule has 7 heteroatoms. The molecule has 0 atom stereocenters. The Morgan fingerprint density at radius 1 is 1.08 bits per heavy atom. The predicted octanol–water partition coefficient (Wildman–Crippen LogP) is 4.86. The molecule has 0 bridgehead atoms. The number of fused-ring (bicyclic) bond motifs is 1. The summed E-state index contributed by atoms with van der Waals surface area (Å²) in [5.41, 5.74) is 3.94. The first-order valence-corrected chi connectivity index (χ1v) is 13.4. The summed E-state index contributed by atoms with van der Waals surface area (Å²) >= 11 is 0. The summed E-state index contributed by atoms with van der Waals surface area (Å²) in [6.07, 6.45) is 3.92. The van der Waals surface area contributed by atoms with E-state index in [0.717, 1.165) is 54.0 Å². The highest BCUT2D eigenvalue weighted by molar-refractivity contribution is 6.13. The van der Waals surface area contributed by atoms with E-state index in [4.69, 9.17) is 0 Å². The fourth-order valence-electron chi connectivity index (χ4n) is 5.14. The molecule has 2 aromatic carbocycles. The Bertz CT molecular complexity index is 1160. The van der Waals surface area contributed by atoms with Crippen LogP contribution in [-0.2, 0) is 11.2 Å². The topological polar surface area (TPSA) is 94.0 Å². The monoisotopic (exact) mass is 504 g/mol. The van der Waals surface area contributed by atoms with Crippen LogP contribution in [0.1, 0.15) is 74.9 Å². The van der Waals surface area contributed by atoms with Crippen LogP contribution < -0.4 is 15.5 Å². The number of amides is 2. The minimum Gasteiger partial charge on any atom is -0.389 e. The molecule has 2 aliphatic rings. The maximum Gasteiger partial charge on any atom is 0.278 e. The van der Waals surface area contributed by atoms with Gasteiger partial charge in [-0.15, -0.1) is 0 Å². The van der Waals surface area contributed by atoms with Crippen LogP contribution in [0.15, 0.2) is 47.5 Å². The van der Waals surface area contributed by atoms with Gasteiger partial charge in [-0.25, -0.2) is 0 Å². The van der Waals surface area contributed by atoms with Gasteiger partial charge in [-0.3, -0.25) is 9.59 Å². The summed E-state index contributed by atoms with van der Waals surface area (Å²) in [5, 5.41) is 16.5. The van der Waals surface area contributed by atoms with Gasteiger partial charge in [0, 0.05) is 47.9 Å². The number of carbonyl (C=O) groups is 2. The molecule has 1 fully saturated rings. The third kappa shape index (κ3) is 6.77. The van der Waals surface area contributed by atoms with Gasteiger partial charge in [0.25, 0.3) is 5.91 Å². The first-order valence-electron chi connectivity index (χ1n) is 13.4. The first-order chi connectivity index (χ1) is 17.5. The third-order valence-electron chi connectivity index (χ3n) is 7.09. The van der Waals surface area contributed by atoms with Crippen LogP contribution in [0, 0.1) is 12.8 Å². The summed E-state index contributed by atoms with van der Waals surface area (Å²) in [4.78, 5) is 32.6. The molecule has 2 amide bonds. The van der Waals surface area contributed by atoms with Crippen molar-refractivity contribution < 1.29 is 14.7 Å². The summed E-state index contributed by atoms with van der Waals surface area (Å²) in [5.74, 6) is 0.681. The molecule has 7 nitrogen and oxygen atoms in total. The van der Waals surface area contributed by atoms with Crippen molar-refractivity contribution >= 4 is 29.0 Å². The van der Waals surface area contributed by atoms with Crippen molar-refractivity contribution in [3.63, 3.8) is 0 Å². The lowest BCUT2D eigenvalue weighted by atomic mass is 9.84. The molecule has 3 N–H and O–H groups in total. The Kier molecular flexibility index (Phi) is 8.02. The van der Waals surface area contributed by atoms with Gasteiger partial charge in [0.15, 0.2) is 0 Å². The first kappa shape index (κ1) is 26.9. The zero-order chi connectivity index (χ0) is 26.7. The quantitative estimate of drug-likeness (QED) is 0.501. The zero-order valence-corrected chi connectivity index (χ0v) is 22.7. The maximum absolute atomic E-state index is 13.1. The molecule has 4 rings (SSSR count). The van der Waals surface area contributed by atoms with Gasteiger partial charge in [0.05, 0.1) is 5.60 Å². The van der Waals surface area contributed by atoms with Crippen LogP contribution in [-0.4, -0.2) is 47.0 Å². The molecular formula is C30H40N4O3.